The number of likely N-dealkylation sites (tertiary alicyclic amines) is 2. The number of benzene rings is 1. The maximum atomic E-state index is 12.8. The Hall–Kier alpha value is -1.64. The zero-order valence-electron chi connectivity index (χ0n) is 14.1. The van der Waals surface area contributed by atoms with Crippen LogP contribution in [0.3, 0.4) is 0 Å². The third-order valence-electron chi connectivity index (χ3n) is 4.86. The molecule has 2 aliphatic rings. The van der Waals surface area contributed by atoms with Crippen LogP contribution in [0.15, 0.2) is 24.3 Å². The average Bonchev–Trinajstić information content (AvgIpc) is 3.28. The fourth-order valence-corrected chi connectivity index (χ4v) is 4.48. The normalized spacial score (nSPS) is 24.1. The van der Waals surface area contributed by atoms with Crippen LogP contribution < -0.4 is 4.74 Å². The number of nitrogens with zero attached hydrogens (tertiary/aromatic N) is 2. The number of hydrogen-bond acceptors (Lipinski definition) is 4. The molecule has 0 N–H and O–H groups in total. The lowest BCUT2D eigenvalue weighted by Crippen LogP contribution is -2.40. The Kier molecular flexibility index (Phi) is 5.70. The highest BCUT2D eigenvalue weighted by atomic mass is 32.2. The van der Waals surface area contributed by atoms with Gasteiger partial charge in [-0.15, -0.1) is 6.42 Å². The molecule has 4 nitrogen and oxygen atoms in total. The lowest BCUT2D eigenvalue weighted by molar-refractivity contribution is 0.0780. The molecule has 0 aromatic heterocycles. The monoisotopic (exact) mass is 344 g/mol. The van der Waals surface area contributed by atoms with Crippen LogP contribution in [0.25, 0.3) is 0 Å². The standard InChI is InChI=1S/C19H24N2O2S/c1-3-12-23-16-8-6-15(7-9-16)19(22)21-13-17(18(14-21)24-2)20-10-4-5-11-20/h1,6-9,17-18H,4-5,10-14H2,2H3/t17-,18-/m1/s1. The molecule has 5 heteroatoms. The van der Waals surface area contributed by atoms with E-state index in [1.54, 1.807) is 0 Å². The summed E-state index contributed by atoms with van der Waals surface area (Å²) in [6.07, 6.45) is 9.90. The Morgan fingerprint density at radius 1 is 1.29 bits per heavy atom. The van der Waals surface area contributed by atoms with Crippen molar-refractivity contribution in [2.75, 3.05) is 39.0 Å². The van der Waals surface area contributed by atoms with E-state index < -0.39 is 0 Å². The molecule has 0 radical (unpaired) electrons. The first-order valence-corrected chi connectivity index (χ1v) is 9.74. The van der Waals surface area contributed by atoms with Crippen molar-refractivity contribution in [3.05, 3.63) is 29.8 Å². The molecule has 0 spiro atoms. The molecule has 2 aliphatic heterocycles. The summed E-state index contributed by atoms with van der Waals surface area (Å²) in [5.41, 5.74) is 0.713. The van der Waals surface area contributed by atoms with Gasteiger partial charge in [0.05, 0.1) is 0 Å². The van der Waals surface area contributed by atoms with Crippen molar-refractivity contribution in [2.24, 2.45) is 0 Å². The molecule has 1 aromatic rings. The van der Waals surface area contributed by atoms with Gasteiger partial charge < -0.3 is 9.64 Å². The van der Waals surface area contributed by atoms with Crippen LogP contribution in [0.2, 0.25) is 0 Å². The second kappa shape index (κ2) is 7.96. The molecule has 3 rings (SSSR count). The maximum Gasteiger partial charge on any atom is 0.253 e. The Labute approximate surface area is 148 Å². The largest absolute Gasteiger partial charge is 0.481 e. The van der Waals surface area contributed by atoms with Crippen LogP contribution in [0.5, 0.6) is 5.75 Å². The van der Waals surface area contributed by atoms with E-state index in [9.17, 15) is 4.79 Å². The number of carbonyl (C=O) groups is 1. The lowest BCUT2D eigenvalue weighted by Gasteiger charge is -2.27. The Bertz CT molecular complexity index is 605. The SMILES string of the molecule is C#CCOc1ccc(C(=O)N2C[C@@H](N3CCCC3)[C@H](SC)C2)cc1. The predicted molar refractivity (Wildman–Crippen MR) is 98.6 cm³/mol. The summed E-state index contributed by atoms with van der Waals surface area (Å²) >= 11 is 1.88. The van der Waals surface area contributed by atoms with E-state index in [0.29, 0.717) is 22.6 Å². The number of amides is 1. The molecular formula is C19H24N2O2S. The molecule has 0 unspecified atom stereocenters. The van der Waals surface area contributed by atoms with Gasteiger partial charge in [-0.1, -0.05) is 5.92 Å². The van der Waals surface area contributed by atoms with E-state index in [1.807, 2.05) is 40.9 Å². The number of hydrogen-bond donors (Lipinski definition) is 0. The van der Waals surface area contributed by atoms with Crippen LogP contribution in [0.4, 0.5) is 0 Å². The molecule has 24 heavy (non-hydrogen) atoms. The van der Waals surface area contributed by atoms with E-state index >= 15 is 0 Å². The highest BCUT2D eigenvalue weighted by Crippen LogP contribution is 2.29. The van der Waals surface area contributed by atoms with Gasteiger partial charge in [-0.25, -0.2) is 0 Å². The summed E-state index contributed by atoms with van der Waals surface area (Å²) in [4.78, 5) is 17.4. The minimum absolute atomic E-state index is 0.110. The fourth-order valence-electron chi connectivity index (χ4n) is 3.58. The second-order valence-electron chi connectivity index (χ2n) is 6.31. The number of rotatable bonds is 5. The fraction of sp³-hybridized carbons (Fsp3) is 0.526. The highest BCUT2D eigenvalue weighted by Gasteiger charge is 2.39. The van der Waals surface area contributed by atoms with Gasteiger partial charge in [0, 0.05) is 29.9 Å². The first kappa shape index (κ1) is 17.2. The van der Waals surface area contributed by atoms with Gasteiger partial charge in [-0.05, 0) is 56.5 Å². The summed E-state index contributed by atoms with van der Waals surface area (Å²) in [5, 5.41) is 0.505. The number of thioether (sulfide) groups is 1. The molecule has 0 saturated carbocycles. The smallest absolute Gasteiger partial charge is 0.253 e. The van der Waals surface area contributed by atoms with Crippen molar-refractivity contribution in [2.45, 2.75) is 24.1 Å². The Morgan fingerprint density at radius 3 is 2.62 bits per heavy atom. The minimum atomic E-state index is 0.110. The van der Waals surface area contributed by atoms with Gasteiger partial charge in [0.15, 0.2) is 0 Å². The number of ether oxygens (including phenoxy) is 1. The highest BCUT2D eigenvalue weighted by molar-refractivity contribution is 7.99. The number of carbonyl (C=O) groups excluding carboxylic acids is 1. The molecule has 1 amide bonds. The third kappa shape index (κ3) is 3.71. The molecule has 2 heterocycles. The first-order valence-electron chi connectivity index (χ1n) is 8.45. The summed E-state index contributed by atoms with van der Waals surface area (Å²) in [6.45, 7) is 4.25. The quantitative estimate of drug-likeness (QED) is 0.768. The topological polar surface area (TPSA) is 32.8 Å². The van der Waals surface area contributed by atoms with Gasteiger partial charge in [0.25, 0.3) is 5.91 Å². The molecular weight excluding hydrogens is 320 g/mol. The van der Waals surface area contributed by atoms with E-state index in [1.165, 1.54) is 25.9 Å². The van der Waals surface area contributed by atoms with Gasteiger partial charge >= 0.3 is 0 Å². The summed E-state index contributed by atoms with van der Waals surface area (Å²) < 4.78 is 5.36. The Balaban J connectivity index is 1.65. The molecule has 0 bridgehead atoms. The maximum absolute atomic E-state index is 12.8. The van der Waals surface area contributed by atoms with E-state index in [4.69, 9.17) is 11.2 Å². The number of terminal acetylenes is 1. The zero-order chi connectivity index (χ0) is 16.9. The predicted octanol–water partition coefficient (Wildman–Crippen LogP) is 2.35. The lowest BCUT2D eigenvalue weighted by atomic mass is 10.2. The van der Waals surface area contributed by atoms with Crippen LogP contribution in [-0.4, -0.2) is 66.0 Å². The van der Waals surface area contributed by atoms with Crippen molar-refractivity contribution in [1.82, 2.24) is 9.80 Å². The summed E-state index contributed by atoms with van der Waals surface area (Å²) in [5.74, 6) is 3.24. The third-order valence-corrected chi connectivity index (χ3v) is 5.93. The van der Waals surface area contributed by atoms with Gasteiger partial charge in [-0.2, -0.15) is 11.8 Å². The van der Waals surface area contributed by atoms with Crippen molar-refractivity contribution in [3.8, 4) is 18.1 Å². The molecule has 2 fully saturated rings. The van der Waals surface area contributed by atoms with E-state index in [0.717, 1.165) is 13.1 Å². The van der Waals surface area contributed by atoms with Gasteiger partial charge in [-0.3, -0.25) is 9.69 Å². The minimum Gasteiger partial charge on any atom is -0.481 e. The average molecular weight is 344 g/mol. The van der Waals surface area contributed by atoms with E-state index in [2.05, 4.69) is 17.1 Å². The van der Waals surface area contributed by atoms with Crippen LogP contribution in [-0.2, 0) is 0 Å². The van der Waals surface area contributed by atoms with Crippen LogP contribution >= 0.6 is 11.8 Å². The molecule has 0 aliphatic carbocycles. The van der Waals surface area contributed by atoms with Crippen molar-refractivity contribution >= 4 is 17.7 Å². The summed E-state index contributed by atoms with van der Waals surface area (Å²) in [6, 6.07) is 7.76. The molecule has 128 valence electrons. The van der Waals surface area contributed by atoms with Crippen molar-refractivity contribution in [1.29, 1.82) is 0 Å². The van der Waals surface area contributed by atoms with Crippen molar-refractivity contribution < 1.29 is 9.53 Å². The van der Waals surface area contributed by atoms with Gasteiger partial charge in [0.1, 0.15) is 12.4 Å². The summed E-state index contributed by atoms with van der Waals surface area (Å²) in [7, 11) is 0. The van der Waals surface area contributed by atoms with Crippen LogP contribution in [0.1, 0.15) is 23.2 Å². The Morgan fingerprint density at radius 2 is 2.00 bits per heavy atom. The van der Waals surface area contributed by atoms with Crippen LogP contribution in [0, 0.1) is 12.3 Å². The molecule has 2 atom stereocenters. The van der Waals surface area contributed by atoms with Crippen molar-refractivity contribution in [3.63, 3.8) is 0 Å². The first-order chi connectivity index (χ1) is 11.7. The van der Waals surface area contributed by atoms with Gasteiger partial charge in [0.2, 0.25) is 0 Å². The second-order valence-corrected chi connectivity index (χ2v) is 7.39. The van der Waals surface area contributed by atoms with E-state index in [-0.39, 0.29) is 12.5 Å². The molecule has 2 saturated heterocycles. The zero-order valence-corrected chi connectivity index (χ0v) is 14.9. The molecule has 1 aromatic carbocycles.